The highest BCUT2D eigenvalue weighted by Crippen LogP contribution is 2.24. The first kappa shape index (κ1) is 17.0. The Bertz CT molecular complexity index is 614. The number of rotatable bonds is 9. The van der Waals surface area contributed by atoms with Crippen molar-refractivity contribution < 1.29 is 9.47 Å². The average molecular weight is 314 g/mol. The molecule has 4 heteroatoms. The molecule has 0 saturated carbocycles. The maximum atomic E-state index is 5.98. The van der Waals surface area contributed by atoms with Crippen molar-refractivity contribution in [1.29, 1.82) is 0 Å². The number of hydrogen-bond donors (Lipinski definition) is 2. The van der Waals surface area contributed by atoms with Crippen LogP contribution in [0.1, 0.15) is 31.2 Å². The smallest absolute Gasteiger partial charge is 0.142 e. The minimum Gasteiger partial charge on any atom is -0.494 e. The van der Waals surface area contributed by atoms with Crippen molar-refractivity contribution in [2.75, 3.05) is 24.7 Å². The molecule has 23 heavy (non-hydrogen) atoms. The molecule has 0 aliphatic rings. The summed E-state index contributed by atoms with van der Waals surface area (Å²) < 4.78 is 11.4. The number of nitrogens with two attached hydrogens (primary N) is 2. The van der Waals surface area contributed by atoms with E-state index < -0.39 is 0 Å². The van der Waals surface area contributed by atoms with Gasteiger partial charge >= 0.3 is 0 Å². The molecule has 0 atom stereocenters. The van der Waals surface area contributed by atoms with Gasteiger partial charge in [-0.3, -0.25) is 0 Å². The molecule has 0 aromatic heterocycles. The third-order valence-electron chi connectivity index (χ3n) is 3.71. The first-order valence-electron chi connectivity index (χ1n) is 8.13. The Morgan fingerprint density at radius 3 is 2.26 bits per heavy atom. The number of hydrogen-bond acceptors (Lipinski definition) is 4. The SMILES string of the molecule is Cc1cccc(OCCCCCCOc2cccc(N)c2)c1N. The number of aryl methyl sites for hydroxylation is 1. The minimum absolute atomic E-state index is 0.698. The van der Waals surface area contributed by atoms with E-state index in [0.29, 0.717) is 6.61 Å². The average Bonchev–Trinajstić information content (AvgIpc) is 2.54. The molecule has 2 aromatic carbocycles. The van der Waals surface area contributed by atoms with E-state index in [1.807, 2.05) is 49.4 Å². The van der Waals surface area contributed by atoms with Gasteiger partial charge in [0.05, 0.1) is 18.9 Å². The maximum absolute atomic E-state index is 5.98. The highest BCUT2D eigenvalue weighted by molar-refractivity contribution is 5.57. The number of benzene rings is 2. The molecule has 124 valence electrons. The number of ether oxygens (including phenoxy) is 2. The molecule has 0 fully saturated rings. The standard InChI is InChI=1S/C19H26N2O2/c1-15-8-6-11-18(19(15)21)23-13-5-3-2-4-12-22-17-10-7-9-16(20)14-17/h6-11,14H,2-5,12-13,20-21H2,1H3. The summed E-state index contributed by atoms with van der Waals surface area (Å²) in [5, 5.41) is 0. The molecule has 0 spiro atoms. The number of nitrogen functional groups attached to an aromatic ring is 2. The summed E-state index contributed by atoms with van der Waals surface area (Å²) in [5.74, 6) is 1.62. The summed E-state index contributed by atoms with van der Waals surface area (Å²) in [6, 6.07) is 13.4. The van der Waals surface area contributed by atoms with Crippen LogP contribution < -0.4 is 20.9 Å². The third-order valence-corrected chi connectivity index (χ3v) is 3.71. The molecule has 0 unspecified atom stereocenters. The molecule has 0 aliphatic heterocycles. The van der Waals surface area contributed by atoms with Crippen LogP contribution in [0.2, 0.25) is 0 Å². The lowest BCUT2D eigenvalue weighted by atomic mass is 10.2. The quantitative estimate of drug-likeness (QED) is 0.538. The molecule has 4 nitrogen and oxygen atoms in total. The Hall–Kier alpha value is -2.36. The Morgan fingerprint density at radius 2 is 1.52 bits per heavy atom. The van der Waals surface area contributed by atoms with Gasteiger partial charge < -0.3 is 20.9 Å². The fourth-order valence-electron chi connectivity index (χ4n) is 2.31. The van der Waals surface area contributed by atoms with Crippen molar-refractivity contribution in [1.82, 2.24) is 0 Å². The Labute approximate surface area is 138 Å². The second kappa shape index (κ2) is 8.93. The summed E-state index contributed by atoms with van der Waals surface area (Å²) in [7, 11) is 0. The first-order chi connectivity index (χ1) is 11.2. The molecule has 0 saturated heterocycles. The van der Waals surface area contributed by atoms with Gasteiger partial charge in [0.25, 0.3) is 0 Å². The summed E-state index contributed by atoms with van der Waals surface area (Å²) in [6.07, 6.45) is 4.29. The number of unbranched alkanes of at least 4 members (excludes halogenated alkanes) is 3. The normalized spacial score (nSPS) is 10.5. The van der Waals surface area contributed by atoms with Gasteiger partial charge in [-0.2, -0.15) is 0 Å². The summed E-state index contributed by atoms with van der Waals surface area (Å²) in [4.78, 5) is 0. The summed E-state index contributed by atoms with van der Waals surface area (Å²) in [6.45, 7) is 3.40. The van der Waals surface area contributed by atoms with Crippen LogP contribution in [0.25, 0.3) is 0 Å². The predicted molar refractivity (Wildman–Crippen MR) is 95.9 cm³/mol. The van der Waals surface area contributed by atoms with Gasteiger partial charge in [-0.1, -0.05) is 18.2 Å². The molecule has 4 N–H and O–H groups in total. The highest BCUT2D eigenvalue weighted by atomic mass is 16.5. The predicted octanol–water partition coefficient (Wildman–Crippen LogP) is 4.18. The molecule has 0 radical (unpaired) electrons. The van der Waals surface area contributed by atoms with Gasteiger partial charge in [0.1, 0.15) is 11.5 Å². The second-order valence-corrected chi connectivity index (χ2v) is 5.67. The Kier molecular flexibility index (Phi) is 6.60. The molecule has 2 aromatic rings. The van der Waals surface area contributed by atoms with Crippen molar-refractivity contribution in [2.45, 2.75) is 32.6 Å². The van der Waals surface area contributed by atoms with E-state index in [9.17, 15) is 0 Å². The van der Waals surface area contributed by atoms with Crippen LogP contribution in [0, 0.1) is 6.92 Å². The van der Waals surface area contributed by atoms with E-state index in [2.05, 4.69) is 0 Å². The van der Waals surface area contributed by atoms with Crippen molar-refractivity contribution in [3.8, 4) is 11.5 Å². The van der Waals surface area contributed by atoms with E-state index in [0.717, 1.165) is 60.7 Å². The molecular weight excluding hydrogens is 288 g/mol. The zero-order chi connectivity index (χ0) is 16.5. The minimum atomic E-state index is 0.698. The summed E-state index contributed by atoms with van der Waals surface area (Å²) >= 11 is 0. The molecular formula is C19H26N2O2. The van der Waals surface area contributed by atoms with Crippen LogP contribution in [0.4, 0.5) is 11.4 Å². The maximum Gasteiger partial charge on any atom is 0.142 e. The van der Waals surface area contributed by atoms with Gasteiger partial charge in [-0.05, 0) is 56.4 Å². The number of anilines is 2. The fourth-order valence-corrected chi connectivity index (χ4v) is 2.31. The van der Waals surface area contributed by atoms with Crippen LogP contribution in [0.3, 0.4) is 0 Å². The van der Waals surface area contributed by atoms with E-state index in [1.54, 1.807) is 0 Å². The first-order valence-corrected chi connectivity index (χ1v) is 8.13. The Balaban J connectivity index is 1.53. The lowest BCUT2D eigenvalue weighted by Gasteiger charge is -2.10. The fraction of sp³-hybridized carbons (Fsp3) is 0.368. The Morgan fingerprint density at radius 1 is 0.826 bits per heavy atom. The lowest BCUT2D eigenvalue weighted by molar-refractivity contribution is 0.288. The zero-order valence-electron chi connectivity index (χ0n) is 13.8. The van der Waals surface area contributed by atoms with Crippen molar-refractivity contribution in [3.05, 3.63) is 48.0 Å². The van der Waals surface area contributed by atoms with Gasteiger partial charge in [-0.25, -0.2) is 0 Å². The van der Waals surface area contributed by atoms with Gasteiger partial charge in [0.2, 0.25) is 0 Å². The molecule has 2 rings (SSSR count). The largest absolute Gasteiger partial charge is 0.494 e. The van der Waals surface area contributed by atoms with Crippen molar-refractivity contribution >= 4 is 11.4 Å². The monoisotopic (exact) mass is 314 g/mol. The van der Waals surface area contributed by atoms with Crippen molar-refractivity contribution in [3.63, 3.8) is 0 Å². The second-order valence-electron chi connectivity index (χ2n) is 5.67. The molecule has 0 amide bonds. The number of para-hydroxylation sites is 1. The molecule has 0 bridgehead atoms. The third kappa shape index (κ3) is 5.74. The highest BCUT2D eigenvalue weighted by Gasteiger charge is 2.02. The van der Waals surface area contributed by atoms with Gasteiger partial charge in [0.15, 0.2) is 0 Å². The van der Waals surface area contributed by atoms with Crippen molar-refractivity contribution in [2.24, 2.45) is 0 Å². The van der Waals surface area contributed by atoms with Crippen LogP contribution in [0.15, 0.2) is 42.5 Å². The van der Waals surface area contributed by atoms with Crippen LogP contribution in [-0.4, -0.2) is 13.2 Å². The molecule has 0 heterocycles. The van der Waals surface area contributed by atoms with E-state index in [-0.39, 0.29) is 0 Å². The van der Waals surface area contributed by atoms with Gasteiger partial charge in [-0.15, -0.1) is 0 Å². The van der Waals surface area contributed by atoms with Gasteiger partial charge in [0, 0.05) is 11.8 Å². The molecule has 0 aliphatic carbocycles. The van der Waals surface area contributed by atoms with Crippen LogP contribution in [0.5, 0.6) is 11.5 Å². The van der Waals surface area contributed by atoms with E-state index in [4.69, 9.17) is 20.9 Å². The zero-order valence-corrected chi connectivity index (χ0v) is 13.8. The van der Waals surface area contributed by atoms with E-state index >= 15 is 0 Å². The van der Waals surface area contributed by atoms with Crippen LogP contribution >= 0.6 is 0 Å². The van der Waals surface area contributed by atoms with E-state index in [1.165, 1.54) is 0 Å². The summed E-state index contributed by atoms with van der Waals surface area (Å²) in [5.41, 5.74) is 14.2. The topological polar surface area (TPSA) is 70.5 Å². The lowest BCUT2D eigenvalue weighted by Crippen LogP contribution is -2.02. The van der Waals surface area contributed by atoms with Crippen LogP contribution in [-0.2, 0) is 0 Å².